The van der Waals surface area contributed by atoms with E-state index >= 15 is 0 Å². The highest BCUT2D eigenvalue weighted by Gasteiger charge is 2.48. The van der Waals surface area contributed by atoms with Gasteiger partial charge in [0, 0.05) is 13.1 Å². The number of amides is 2. The van der Waals surface area contributed by atoms with E-state index in [0.717, 1.165) is 32.5 Å². The molecule has 1 atom stereocenters. The highest BCUT2D eigenvalue weighted by atomic mass is 16.4. The van der Waals surface area contributed by atoms with Crippen molar-refractivity contribution >= 4 is 12.0 Å². The molecule has 0 saturated carbocycles. The van der Waals surface area contributed by atoms with Gasteiger partial charge in [0.25, 0.3) is 0 Å². The molecular formula is C15H29N3O3. The van der Waals surface area contributed by atoms with Gasteiger partial charge in [0.05, 0.1) is 0 Å². The van der Waals surface area contributed by atoms with Crippen LogP contribution in [0.1, 0.15) is 46.5 Å². The minimum Gasteiger partial charge on any atom is -0.479 e. The van der Waals surface area contributed by atoms with Gasteiger partial charge in [0.15, 0.2) is 0 Å². The highest BCUT2D eigenvalue weighted by Crippen LogP contribution is 2.32. The molecule has 1 unspecified atom stereocenters. The van der Waals surface area contributed by atoms with Crippen LogP contribution in [0.5, 0.6) is 0 Å². The van der Waals surface area contributed by atoms with Crippen LogP contribution in [-0.4, -0.2) is 65.2 Å². The fraction of sp³-hybridized carbons (Fsp3) is 0.867. The fourth-order valence-corrected chi connectivity index (χ4v) is 3.05. The second-order valence-electron chi connectivity index (χ2n) is 5.56. The lowest BCUT2D eigenvalue weighted by atomic mass is 9.93. The highest BCUT2D eigenvalue weighted by molar-refractivity contribution is 5.87. The molecule has 1 heterocycles. The molecule has 0 aromatic carbocycles. The van der Waals surface area contributed by atoms with Crippen molar-refractivity contribution in [2.24, 2.45) is 0 Å². The number of carbonyl (C=O) groups is 2. The van der Waals surface area contributed by atoms with E-state index in [1.807, 2.05) is 6.92 Å². The molecule has 0 spiro atoms. The molecule has 0 aromatic rings. The first-order valence-electron chi connectivity index (χ1n) is 8.03. The van der Waals surface area contributed by atoms with E-state index in [-0.39, 0.29) is 6.03 Å². The number of carbonyl (C=O) groups excluding carboxylic acids is 1. The maximum atomic E-state index is 12.2. The molecule has 6 nitrogen and oxygen atoms in total. The Morgan fingerprint density at radius 2 is 1.95 bits per heavy atom. The minimum absolute atomic E-state index is 0.240. The summed E-state index contributed by atoms with van der Waals surface area (Å²) in [4.78, 5) is 27.6. The Balaban J connectivity index is 2.46. The topological polar surface area (TPSA) is 72.9 Å². The predicted molar refractivity (Wildman–Crippen MR) is 82.4 cm³/mol. The number of carboxylic acid groups (broad SMARTS) is 1. The maximum absolute atomic E-state index is 12.2. The molecule has 0 aliphatic carbocycles. The number of carboxylic acids is 1. The summed E-state index contributed by atoms with van der Waals surface area (Å²) in [6.45, 7) is 10.2. The van der Waals surface area contributed by atoms with Crippen molar-refractivity contribution in [1.82, 2.24) is 15.1 Å². The van der Waals surface area contributed by atoms with Crippen LogP contribution in [0, 0.1) is 0 Å². The van der Waals surface area contributed by atoms with Gasteiger partial charge in [-0.2, -0.15) is 0 Å². The summed E-state index contributed by atoms with van der Waals surface area (Å²) in [6, 6.07) is -0.240. The van der Waals surface area contributed by atoms with Crippen molar-refractivity contribution in [3.05, 3.63) is 0 Å². The van der Waals surface area contributed by atoms with Crippen LogP contribution in [0.4, 0.5) is 4.79 Å². The molecule has 0 radical (unpaired) electrons. The third kappa shape index (κ3) is 4.09. The predicted octanol–water partition coefficient (Wildman–Crippen LogP) is 1.76. The Morgan fingerprint density at radius 1 is 1.29 bits per heavy atom. The van der Waals surface area contributed by atoms with Gasteiger partial charge >= 0.3 is 12.0 Å². The van der Waals surface area contributed by atoms with Crippen LogP contribution in [0.15, 0.2) is 0 Å². The van der Waals surface area contributed by atoms with Gasteiger partial charge in [0.2, 0.25) is 0 Å². The maximum Gasteiger partial charge on any atom is 0.329 e. The summed E-state index contributed by atoms with van der Waals surface area (Å²) in [5.41, 5.74) is -1.01. The minimum atomic E-state index is -1.01. The Morgan fingerprint density at radius 3 is 2.48 bits per heavy atom. The van der Waals surface area contributed by atoms with E-state index in [2.05, 4.69) is 24.1 Å². The summed E-state index contributed by atoms with van der Waals surface area (Å²) < 4.78 is 0. The SMILES string of the molecule is CCN(CC)CCCNC(=O)N1CCCC1(CC)C(=O)O. The van der Waals surface area contributed by atoms with E-state index in [4.69, 9.17) is 0 Å². The second-order valence-corrected chi connectivity index (χ2v) is 5.56. The summed E-state index contributed by atoms with van der Waals surface area (Å²) in [6.07, 6.45) is 2.64. The van der Waals surface area contributed by atoms with Gasteiger partial charge in [-0.25, -0.2) is 9.59 Å². The molecule has 122 valence electrons. The number of rotatable bonds is 8. The molecule has 6 heteroatoms. The number of hydrogen-bond acceptors (Lipinski definition) is 3. The lowest BCUT2D eigenvalue weighted by molar-refractivity contribution is -0.148. The lowest BCUT2D eigenvalue weighted by Gasteiger charge is -2.33. The van der Waals surface area contributed by atoms with Crippen molar-refractivity contribution in [2.75, 3.05) is 32.7 Å². The number of nitrogens with zero attached hydrogens (tertiary/aromatic N) is 2. The average Bonchev–Trinajstić information content (AvgIpc) is 2.92. The van der Waals surface area contributed by atoms with E-state index < -0.39 is 11.5 Å². The van der Waals surface area contributed by atoms with Gasteiger partial charge in [-0.3, -0.25) is 0 Å². The number of hydrogen-bond donors (Lipinski definition) is 2. The van der Waals surface area contributed by atoms with Crippen LogP contribution in [0.25, 0.3) is 0 Å². The molecule has 1 aliphatic rings. The van der Waals surface area contributed by atoms with Gasteiger partial charge in [-0.1, -0.05) is 20.8 Å². The van der Waals surface area contributed by atoms with E-state index in [0.29, 0.717) is 25.9 Å². The van der Waals surface area contributed by atoms with Gasteiger partial charge < -0.3 is 20.2 Å². The van der Waals surface area contributed by atoms with Gasteiger partial charge in [-0.15, -0.1) is 0 Å². The van der Waals surface area contributed by atoms with Crippen molar-refractivity contribution in [3.63, 3.8) is 0 Å². The van der Waals surface area contributed by atoms with Crippen molar-refractivity contribution in [2.45, 2.75) is 52.0 Å². The quantitative estimate of drug-likeness (QED) is 0.670. The third-order valence-electron chi connectivity index (χ3n) is 4.54. The first-order valence-corrected chi connectivity index (χ1v) is 8.03. The van der Waals surface area contributed by atoms with Crippen molar-refractivity contribution in [1.29, 1.82) is 0 Å². The van der Waals surface area contributed by atoms with Crippen LogP contribution in [0.2, 0.25) is 0 Å². The zero-order valence-electron chi connectivity index (χ0n) is 13.5. The molecule has 1 fully saturated rings. The van der Waals surface area contributed by atoms with Crippen LogP contribution in [0.3, 0.4) is 0 Å². The first kappa shape index (κ1) is 17.8. The van der Waals surface area contributed by atoms with Crippen LogP contribution < -0.4 is 5.32 Å². The summed E-state index contributed by atoms with van der Waals surface area (Å²) in [5, 5.41) is 12.3. The normalized spacial score (nSPS) is 21.8. The van der Waals surface area contributed by atoms with Crippen molar-refractivity contribution in [3.8, 4) is 0 Å². The van der Waals surface area contributed by atoms with E-state index in [9.17, 15) is 14.7 Å². The lowest BCUT2D eigenvalue weighted by Crippen LogP contribution is -2.55. The molecule has 2 N–H and O–H groups in total. The first-order chi connectivity index (χ1) is 10.0. The average molecular weight is 299 g/mol. The second kappa shape index (κ2) is 8.22. The number of urea groups is 1. The summed E-state index contributed by atoms with van der Waals surface area (Å²) >= 11 is 0. The largest absolute Gasteiger partial charge is 0.479 e. The Bertz CT molecular complexity index is 358. The van der Waals surface area contributed by atoms with Crippen LogP contribution >= 0.6 is 0 Å². The number of aliphatic carboxylic acids is 1. The zero-order chi connectivity index (χ0) is 15.9. The Labute approximate surface area is 127 Å². The Kier molecular flexibility index (Phi) is 6.95. The molecule has 21 heavy (non-hydrogen) atoms. The monoisotopic (exact) mass is 299 g/mol. The summed E-state index contributed by atoms with van der Waals surface area (Å²) in [7, 11) is 0. The number of likely N-dealkylation sites (tertiary alicyclic amines) is 1. The molecule has 0 aromatic heterocycles. The molecule has 1 aliphatic heterocycles. The molecule has 0 bridgehead atoms. The molecule has 1 saturated heterocycles. The van der Waals surface area contributed by atoms with Gasteiger partial charge in [0.1, 0.15) is 5.54 Å². The van der Waals surface area contributed by atoms with Crippen LogP contribution in [-0.2, 0) is 4.79 Å². The smallest absolute Gasteiger partial charge is 0.329 e. The molecule has 1 rings (SSSR count). The van der Waals surface area contributed by atoms with Crippen molar-refractivity contribution < 1.29 is 14.7 Å². The van der Waals surface area contributed by atoms with Gasteiger partial charge in [-0.05, 0) is 45.3 Å². The zero-order valence-corrected chi connectivity index (χ0v) is 13.5. The molecular weight excluding hydrogens is 270 g/mol. The number of nitrogens with one attached hydrogen (secondary N) is 1. The molecule has 2 amide bonds. The Hall–Kier alpha value is -1.30. The summed E-state index contributed by atoms with van der Waals surface area (Å²) in [5.74, 6) is -0.888. The fourth-order valence-electron chi connectivity index (χ4n) is 3.05. The van der Waals surface area contributed by atoms with E-state index in [1.165, 1.54) is 4.90 Å². The van der Waals surface area contributed by atoms with E-state index in [1.54, 1.807) is 0 Å². The standard InChI is InChI=1S/C15H29N3O3/c1-4-15(13(19)20)9-7-12-18(15)14(21)16-10-8-11-17(5-2)6-3/h4-12H2,1-3H3,(H,16,21)(H,19,20). The third-order valence-corrected chi connectivity index (χ3v) is 4.54.